The van der Waals surface area contributed by atoms with Crippen LogP contribution in [0.5, 0.6) is 5.75 Å². The molecule has 1 N–H and O–H groups in total. The summed E-state index contributed by atoms with van der Waals surface area (Å²) in [5.74, 6) is 0.322. The first kappa shape index (κ1) is 7.76. The number of hydrogen-bond acceptors (Lipinski definition) is 1. The third-order valence-corrected chi connectivity index (χ3v) is 0.756. The topological polar surface area (TPSA) is 20.2 Å². The van der Waals surface area contributed by atoms with Crippen LogP contribution in [0, 0.1) is 0 Å². The van der Waals surface area contributed by atoms with Crippen LogP contribution in [0.2, 0.25) is 0 Å². The SMILES string of the molecule is Oc1ccccc1.[Nb+5]. The Hall–Kier alpha value is -0.240. The Morgan fingerprint density at radius 1 is 1.00 bits per heavy atom. The van der Waals surface area contributed by atoms with Gasteiger partial charge in [-0.25, -0.2) is 0 Å². The molecule has 1 nitrogen and oxygen atoms in total. The van der Waals surface area contributed by atoms with Crippen molar-refractivity contribution < 1.29 is 27.5 Å². The van der Waals surface area contributed by atoms with E-state index in [0.717, 1.165) is 0 Å². The average Bonchev–Trinajstić information content (AvgIpc) is 1.69. The predicted octanol–water partition coefficient (Wildman–Crippen LogP) is 1.39. The van der Waals surface area contributed by atoms with Gasteiger partial charge in [-0.05, 0) is 12.1 Å². The minimum Gasteiger partial charge on any atom is -0.508 e. The van der Waals surface area contributed by atoms with Gasteiger partial charge in [0.25, 0.3) is 0 Å². The maximum Gasteiger partial charge on any atom is 5.00 e. The van der Waals surface area contributed by atoms with E-state index in [1.807, 2.05) is 6.07 Å². The fraction of sp³-hybridized carbons (Fsp3) is 0. The van der Waals surface area contributed by atoms with Gasteiger partial charge in [-0.2, -0.15) is 0 Å². The van der Waals surface area contributed by atoms with Crippen LogP contribution < -0.4 is 0 Å². The molecule has 0 aliphatic rings. The second kappa shape index (κ2) is 3.72. The molecule has 0 saturated carbocycles. The fourth-order valence-electron chi connectivity index (χ4n) is 0.428. The summed E-state index contributed by atoms with van der Waals surface area (Å²) < 4.78 is 0. The van der Waals surface area contributed by atoms with Gasteiger partial charge in [0.15, 0.2) is 0 Å². The van der Waals surface area contributed by atoms with Gasteiger partial charge in [-0.15, -0.1) is 0 Å². The number of rotatable bonds is 0. The standard InChI is InChI=1S/C6H6O.Nb/c7-6-4-2-1-3-5-6;/h1-5,7H;/q;+5. The molecule has 0 bridgehead atoms. The summed E-state index contributed by atoms with van der Waals surface area (Å²) in [4.78, 5) is 0. The maximum atomic E-state index is 8.63. The van der Waals surface area contributed by atoms with Crippen molar-refractivity contribution in [2.24, 2.45) is 0 Å². The van der Waals surface area contributed by atoms with Crippen LogP contribution >= 0.6 is 0 Å². The molecule has 0 radical (unpaired) electrons. The third kappa shape index (κ3) is 2.17. The second-order valence-corrected chi connectivity index (χ2v) is 1.34. The summed E-state index contributed by atoms with van der Waals surface area (Å²) in [6.45, 7) is 0. The molecule has 0 aliphatic heterocycles. The van der Waals surface area contributed by atoms with Crippen LogP contribution in [-0.2, 0) is 22.4 Å². The molecule has 1 aromatic rings. The predicted molar refractivity (Wildman–Crippen MR) is 28.1 cm³/mol. The summed E-state index contributed by atoms with van der Waals surface area (Å²) in [5, 5.41) is 8.63. The van der Waals surface area contributed by atoms with Gasteiger partial charge in [-0.1, -0.05) is 18.2 Å². The smallest absolute Gasteiger partial charge is 0.508 e. The van der Waals surface area contributed by atoms with Crippen LogP contribution in [0.15, 0.2) is 30.3 Å². The summed E-state index contributed by atoms with van der Waals surface area (Å²) in [6, 6.07) is 8.71. The van der Waals surface area contributed by atoms with E-state index < -0.39 is 0 Å². The van der Waals surface area contributed by atoms with Crippen molar-refractivity contribution in [2.45, 2.75) is 0 Å². The van der Waals surface area contributed by atoms with Crippen LogP contribution in [0.3, 0.4) is 0 Å². The Kier molecular flexibility index (Phi) is 3.61. The van der Waals surface area contributed by atoms with Gasteiger partial charge in [0.2, 0.25) is 0 Å². The van der Waals surface area contributed by atoms with E-state index in [4.69, 9.17) is 5.11 Å². The third-order valence-electron chi connectivity index (χ3n) is 0.756. The Bertz CT molecular complexity index is 138. The molecule has 0 fully saturated rings. The van der Waals surface area contributed by atoms with Crippen molar-refractivity contribution in [2.75, 3.05) is 0 Å². The number of hydrogen-bond donors (Lipinski definition) is 1. The van der Waals surface area contributed by atoms with Gasteiger partial charge < -0.3 is 5.11 Å². The van der Waals surface area contributed by atoms with E-state index in [2.05, 4.69) is 0 Å². The molecule has 1 rings (SSSR count). The zero-order valence-electron chi connectivity index (χ0n) is 4.28. The van der Waals surface area contributed by atoms with Crippen LogP contribution in [-0.4, -0.2) is 5.11 Å². The zero-order chi connectivity index (χ0) is 5.11. The molecular weight excluding hydrogens is 181 g/mol. The summed E-state index contributed by atoms with van der Waals surface area (Å²) in [5.41, 5.74) is 0. The van der Waals surface area contributed by atoms with Gasteiger partial charge in [0.05, 0.1) is 0 Å². The van der Waals surface area contributed by atoms with E-state index in [-0.39, 0.29) is 22.4 Å². The number of aromatic hydroxyl groups is 1. The van der Waals surface area contributed by atoms with Gasteiger partial charge >= 0.3 is 22.4 Å². The largest absolute Gasteiger partial charge is 5.00 e. The number of benzene rings is 1. The van der Waals surface area contributed by atoms with Crippen LogP contribution in [0.4, 0.5) is 0 Å². The molecule has 1 aromatic carbocycles. The Balaban J connectivity index is 0.000000490. The minimum atomic E-state index is 0. The van der Waals surface area contributed by atoms with Crippen molar-refractivity contribution >= 4 is 0 Å². The van der Waals surface area contributed by atoms with Crippen LogP contribution in [0.25, 0.3) is 0 Å². The first-order valence-corrected chi connectivity index (χ1v) is 2.13. The average molecular weight is 187 g/mol. The minimum absolute atomic E-state index is 0. The molecule has 2 heteroatoms. The molecule has 0 aliphatic carbocycles. The van der Waals surface area contributed by atoms with Gasteiger partial charge in [0, 0.05) is 0 Å². The molecule has 0 heterocycles. The molecule has 0 saturated heterocycles. The monoisotopic (exact) mass is 187 g/mol. The summed E-state index contributed by atoms with van der Waals surface area (Å²) in [6.07, 6.45) is 0. The molecule has 8 heavy (non-hydrogen) atoms. The molecular formula is C6H6NbO+5. The summed E-state index contributed by atoms with van der Waals surface area (Å²) in [7, 11) is 0. The van der Waals surface area contributed by atoms with Gasteiger partial charge in [0.1, 0.15) is 5.75 Å². The second-order valence-electron chi connectivity index (χ2n) is 1.34. The number of phenolic OH excluding ortho intramolecular Hbond substituents is 1. The molecule has 0 spiro atoms. The van der Waals surface area contributed by atoms with E-state index in [9.17, 15) is 0 Å². The fourth-order valence-corrected chi connectivity index (χ4v) is 0.428. The number of phenols is 1. The van der Waals surface area contributed by atoms with E-state index in [1.54, 1.807) is 24.3 Å². The van der Waals surface area contributed by atoms with Crippen molar-refractivity contribution in [3.63, 3.8) is 0 Å². The Labute approximate surface area is 63.9 Å². The van der Waals surface area contributed by atoms with Crippen LogP contribution in [0.1, 0.15) is 0 Å². The number of para-hydroxylation sites is 1. The first-order chi connectivity index (χ1) is 3.39. The van der Waals surface area contributed by atoms with Crippen molar-refractivity contribution in [3.05, 3.63) is 30.3 Å². The van der Waals surface area contributed by atoms with Crippen molar-refractivity contribution in [1.82, 2.24) is 0 Å². The summed E-state index contributed by atoms with van der Waals surface area (Å²) >= 11 is 0. The molecule has 0 amide bonds. The molecule has 0 atom stereocenters. The molecule has 0 aromatic heterocycles. The first-order valence-electron chi connectivity index (χ1n) is 2.13. The van der Waals surface area contributed by atoms with Crippen molar-refractivity contribution in [1.29, 1.82) is 0 Å². The maximum absolute atomic E-state index is 8.63. The molecule has 0 unspecified atom stereocenters. The van der Waals surface area contributed by atoms with E-state index in [0.29, 0.717) is 5.75 Å². The van der Waals surface area contributed by atoms with E-state index >= 15 is 0 Å². The van der Waals surface area contributed by atoms with E-state index in [1.165, 1.54) is 0 Å². The molecule has 36 valence electrons. The van der Waals surface area contributed by atoms with Crippen molar-refractivity contribution in [3.8, 4) is 5.75 Å². The van der Waals surface area contributed by atoms with Gasteiger partial charge in [-0.3, -0.25) is 0 Å². The Morgan fingerprint density at radius 2 is 1.50 bits per heavy atom. The quantitative estimate of drug-likeness (QED) is 0.608. The normalized spacial score (nSPS) is 7.50. The Morgan fingerprint density at radius 3 is 1.75 bits per heavy atom. The zero-order valence-corrected chi connectivity index (χ0v) is 6.48.